The molecule has 104 valence electrons. The van der Waals surface area contributed by atoms with E-state index in [2.05, 4.69) is 12.2 Å². The van der Waals surface area contributed by atoms with Crippen LogP contribution < -0.4 is 5.32 Å². The van der Waals surface area contributed by atoms with Crippen LogP contribution in [0.4, 0.5) is 4.79 Å². The summed E-state index contributed by atoms with van der Waals surface area (Å²) in [5, 5.41) is 20.5. The second kappa shape index (κ2) is 7.48. The smallest absolute Gasteiger partial charge is 0.326 e. The first-order valence-corrected chi connectivity index (χ1v) is 7.14. The molecule has 1 aliphatic heterocycles. The van der Waals surface area contributed by atoms with Gasteiger partial charge in [0, 0.05) is 37.1 Å². The molecule has 1 rings (SSSR count). The van der Waals surface area contributed by atoms with E-state index in [0.29, 0.717) is 18.3 Å². The van der Waals surface area contributed by atoms with Gasteiger partial charge >= 0.3 is 12.0 Å². The number of aliphatic hydroxyl groups excluding tert-OH is 1. The molecule has 7 heteroatoms. The summed E-state index contributed by atoms with van der Waals surface area (Å²) in [5.74, 6) is -0.236. The molecule has 0 aromatic heterocycles. The number of nitrogens with one attached hydrogen (secondary N) is 1. The Bertz CT molecular complexity index is 301. The number of aliphatic hydroxyl groups is 1. The fourth-order valence-electron chi connectivity index (χ4n) is 1.78. The van der Waals surface area contributed by atoms with Crippen LogP contribution in [0.15, 0.2) is 0 Å². The van der Waals surface area contributed by atoms with E-state index in [1.54, 1.807) is 4.90 Å². The van der Waals surface area contributed by atoms with Crippen molar-refractivity contribution in [3.05, 3.63) is 0 Å². The summed E-state index contributed by atoms with van der Waals surface area (Å²) in [7, 11) is 0. The zero-order valence-corrected chi connectivity index (χ0v) is 11.3. The molecule has 1 unspecified atom stereocenters. The number of hydrogen-bond donors (Lipinski definition) is 3. The second-order valence-corrected chi connectivity index (χ2v) is 5.61. The van der Waals surface area contributed by atoms with Gasteiger partial charge in [-0.1, -0.05) is 6.92 Å². The Morgan fingerprint density at radius 3 is 2.83 bits per heavy atom. The zero-order valence-electron chi connectivity index (χ0n) is 10.5. The Hall–Kier alpha value is -0.950. The lowest BCUT2D eigenvalue weighted by Crippen LogP contribution is -2.51. The van der Waals surface area contributed by atoms with E-state index >= 15 is 0 Å². The first kappa shape index (κ1) is 15.1. The normalized spacial score (nSPS) is 21.4. The Balaban J connectivity index is 2.50. The number of thioether (sulfide) groups is 1. The molecular weight excluding hydrogens is 256 g/mol. The van der Waals surface area contributed by atoms with E-state index < -0.39 is 12.0 Å². The lowest BCUT2D eigenvalue weighted by Gasteiger charge is -2.32. The molecule has 1 heterocycles. The number of nitrogens with zero attached hydrogens (tertiary/aromatic N) is 1. The number of carboxylic acids is 1. The van der Waals surface area contributed by atoms with Crippen LogP contribution >= 0.6 is 11.8 Å². The molecule has 0 bridgehead atoms. The summed E-state index contributed by atoms with van der Waals surface area (Å²) in [6, 6.07) is -1.37. The van der Waals surface area contributed by atoms with Crippen LogP contribution in [0.1, 0.15) is 19.8 Å². The number of aliphatic carboxylic acids is 1. The number of carbonyl (C=O) groups is 2. The molecule has 2 amide bonds. The van der Waals surface area contributed by atoms with Crippen LogP contribution in [-0.4, -0.2) is 63.9 Å². The molecule has 0 saturated carbocycles. The van der Waals surface area contributed by atoms with Crippen molar-refractivity contribution in [3.63, 3.8) is 0 Å². The van der Waals surface area contributed by atoms with Gasteiger partial charge in [-0.05, 0) is 6.42 Å². The molecule has 0 spiro atoms. The van der Waals surface area contributed by atoms with Crippen LogP contribution in [0.2, 0.25) is 0 Å². The molecule has 0 aromatic carbocycles. The SMILES string of the molecule is CCC1CN(C(=O)N[C@H](CCO)C(=O)O)CCS1. The minimum Gasteiger partial charge on any atom is -0.480 e. The number of hydrogen-bond acceptors (Lipinski definition) is 4. The van der Waals surface area contributed by atoms with Gasteiger partial charge in [-0.15, -0.1) is 0 Å². The third-order valence-electron chi connectivity index (χ3n) is 2.89. The highest BCUT2D eigenvalue weighted by atomic mass is 32.2. The molecule has 0 aromatic rings. The van der Waals surface area contributed by atoms with Gasteiger partial charge in [-0.25, -0.2) is 9.59 Å². The van der Waals surface area contributed by atoms with Crippen molar-refractivity contribution in [2.24, 2.45) is 0 Å². The predicted octanol–water partition coefficient (Wildman–Crippen LogP) is 0.359. The predicted molar refractivity (Wildman–Crippen MR) is 69.8 cm³/mol. The van der Waals surface area contributed by atoms with Crippen molar-refractivity contribution in [1.29, 1.82) is 0 Å². The van der Waals surface area contributed by atoms with Crippen molar-refractivity contribution in [2.75, 3.05) is 25.4 Å². The average molecular weight is 276 g/mol. The van der Waals surface area contributed by atoms with Crippen molar-refractivity contribution in [1.82, 2.24) is 10.2 Å². The van der Waals surface area contributed by atoms with Gasteiger partial charge in [0.15, 0.2) is 0 Å². The molecule has 1 fully saturated rings. The summed E-state index contributed by atoms with van der Waals surface area (Å²) in [4.78, 5) is 24.4. The van der Waals surface area contributed by atoms with E-state index in [-0.39, 0.29) is 19.1 Å². The highest BCUT2D eigenvalue weighted by Crippen LogP contribution is 2.21. The molecule has 1 aliphatic rings. The minimum absolute atomic E-state index is 0.0286. The molecule has 2 atom stereocenters. The quantitative estimate of drug-likeness (QED) is 0.674. The third-order valence-corrected chi connectivity index (χ3v) is 4.27. The highest BCUT2D eigenvalue weighted by molar-refractivity contribution is 8.00. The third kappa shape index (κ3) is 4.38. The Kier molecular flexibility index (Phi) is 6.28. The number of amides is 2. The van der Waals surface area contributed by atoms with Crippen molar-refractivity contribution in [3.8, 4) is 0 Å². The van der Waals surface area contributed by atoms with Crippen molar-refractivity contribution >= 4 is 23.8 Å². The standard InChI is InChI=1S/C11H20N2O4S/c1-2-8-7-13(4-6-18-8)11(17)12-9(3-5-14)10(15)16/h8-9,14H,2-7H2,1H3,(H,12,17)(H,15,16)/t8?,9-/m1/s1. The molecular formula is C11H20N2O4S. The van der Waals surface area contributed by atoms with Crippen LogP contribution in [0, 0.1) is 0 Å². The first-order chi connectivity index (χ1) is 8.58. The van der Waals surface area contributed by atoms with E-state index in [0.717, 1.165) is 12.2 Å². The van der Waals surface area contributed by atoms with Gasteiger partial charge in [-0.3, -0.25) is 0 Å². The Labute approximate surface area is 111 Å². The van der Waals surface area contributed by atoms with Gasteiger partial charge < -0.3 is 20.4 Å². The van der Waals surface area contributed by atoms with Crippen molar-refractivity contribution in [2.45, 2.75) is 31.1 Å². The highest BCUT2D eigenvalue weighted by Gasteiger charge is 2.26. The fourth-order valence-corrected chi connectivity index (χ4v) is 2.96. The van der Waals surface area contributed by atoms with Crippen molar-refractivity contribution < 1.29 is 19.8 Å². The first-order valence-electron chi connectivity index (χ1n) is 6.09. The van der Waals surface area contributed by atoms with Crippen LogP contribution in [0.5, 0.6) is 0 Å². The van der Waals surface area contributed by atoms with E-state index in [1.165, 1.54) is 0 Å². The molecule has 3 N–H and O–H groups in total. The summed E-state index contributed by atoms with van der Waals surface area (Å²) >= 11 is 1.84. The van der Waals surface area contributed by atoms with Gasteiger partial charge in [0.05, 0.1) is 0 Å². The Morgan fingerprint density at radius 2 is 2.28 bits per heavy atom. The van der Waals surface area contributed by atoms with Crippen LogP contribution in [0.25, 0.3) is 0 Å². The average Bonchev–Trinajstić information content (AvgIpc) is 2.38. The minimum atomic E-state index is -1.11. The van der Waals surface area contributed by atoms with Gasteiger partial charge in [0.1, 0.15) is 6.04 Å². The molecule has 0 aliphatic carbocycles. The molecule has 18 heavy (non-hydrogen) atoms. The van der Waals surface area contributed by atoms with Crippen LogP contribution in [-0.2, 0) is 4.79 Å². The number of urea groups is 1. The van der Waals surface area contributed by atoms with Gasteiger partial charge in [0.25, 0.3) is 0 Å². The lowest BCUT2D eigenvalue weighted by molar-refractivity contribution is -0.139. The second-order valence-electron chi connectivity index (χ2n) is 4.20. The topological polar surface area (TPSA) is 89.9 Å². The molecule has 6 nitrogen and oxygen atoms in total. The molecule has 0 radical (unpaired) electrons. The summed E-state index contributed by atoms with van der Waals surface area (Å²) in [6.45, 7) is 3.10. The summed E-state index contributed by atoms with van der Waals surface area (Å²) in [5.41, 5.74) is 0. The molecule has 1 saturated heterocycles. The lowest BCUT2D eigenvalue weighted by atomic mass is 10.2. The van der Waals surface area contributed by atoms with Gasteiger partial charge in [-0.2, -0.15) is 11.8 Å². The summed E-state index contributed by atoms with van der Waals surface area (Å²) in [6.07, 6.45) is 1.02. The van der Waals surface area contributed by atoms with E-state index in [4.69, 9.17) is 10.2 Å². The van der Waals surface area contributed by atoms with Crippen LogP contribution in [0.3, 0.4) is 0 Å². The summed E-state index contributed by atoms with van der Waals surface area (Å²) < 4.78 is 0. The monoisotopic (exact) mass is 276 g/mol. The van der Waals surface area contributed by atoms with Gasteiger partial charge in [0.2, 0.25) is 0 Å². The maximum absolute atomic E-state index is 11.9. The largest absolute Gasteiger partial charge is 0.480 e. The van der Waals surface area contributed by atoms with E-state index in [1.807, 2.05) is 11.8 Å². The number of carbonyl (C=O) groups excluding carboxylic acids is 1. The van der Waals surface area contributed by atoms with E-state index in [9.17, 15) is 9.59 Å². The fraction of sp³-hybridized carbons (Fsp3) is 0.818. The zero-order chi connectivity index (χ0) is 13.5. The number of rotatable bonds is 5. The maximum Gasteiger partial charge on any atom is 0.326 e. The maximum atomic E-state index is 11.9. The Morgan fingerprint density at radius 1 is 1.56 bits per heavy atom. The number of carboxylic acid groups (broad SMARTS) is 1.